The topological polar surface area (TPSA) is 223 Å². The number of ether oxygens (including phenoxy) is 8. The van der Waals surface area contributed by atoms with Gasteiger partial charge in [-0.05, 0) is 54.3 Å². The fourth-order valence-electron chi connectivity index (χ4n) is 8.32. The van der Waals surface area contributed by atoms with E-state index >= 15 is 0 Å². The van der Waals surface area contributed by atoms with E-state index in [4.69, 9.17) is 43.6 Å². The predicted octanol–water partition coefficient (Wildman–Crippen LogP) is 4.22. The Kier molecular flexibility index (Phi) is 19.3. The average molecular weight is 990 g/mol. The Morgan fingerprint density at radius 3 is 1.64 bits per heavy atom. The smallest absolute Gasteiger partial charge is 0.257 e. The molecule has 4 aliphatic rings. The minimum atomic E-state index is -0.215. The second-order valence-electron chi connectivity index (χ2n) is 17.3. The van der Waals surface area contributed by atoms with Crippen LogP contribution in [-0.2, 0) is 41.8 Å². The number of carbonyl (C=O) groups excluding carboxylic acids is 4. The number of fused-ring (bicyclic) bond motifs is 4. The molecule has 0 aromatic heterocycles. The summed E-state index contributed by atoms with van der Waals surface area (Å²) in [5, 5.41) is 5.53. The van der Waals surface area contributed by atoms with Crippen LogP contribution in [0.5, 0.6) is 23.0 Å². The number of hydrogen-bond donors (Lipinski definition) is 3. The van der Waals surface area contributed by atoms with Crippen molar-refractivity contribution in [3.8, 4) is 34.8 Å². The summed E-state index contributed by atoms with van der Waals surface area (Å²) in [6.07, 6.45) is 5.33. The number of nitrogens with zero attached hydrogens (tertiary/aromatic N) is 4. The molecule has 72 heavy (non-hydrogen) atoms. The number of methoxy groups -OCH3 is 2. The number of benzene rings is 3. The summed E-state index contributed by atoms with van der Waals surface area (Å²) in [6, 6.07) is 12.1. The fraction of sp³-hybridized carbons (Fsp3) is 0.434. The van der Waals surface area contributed by atoms with Gasteiger partial charge in [-0.2, -0.15) is 0 Å². The lowest BCUT2D eigenvalue weighted by atomic mass is 10.1. The second kappa shape index (κ2) is 26.4. The highest BCUT2D eigenvalue weighted by Gasteiger charge is 2.35. The van der Waals surface area contributed by atoms with E-state index in [1.165, 1.54) is 14.2 Å². The molecule has 0 radical (unpaired) electrons. The Bertz CT molecular complexity index is 2470. The summed E-state index contributed by atoms with van der Waals surface area (Å²) < 4.78 is 46.1. The van der Waals surface area contributed by atoms with Gasteiger partial charge in [-0.3, -0.25) is 29.2 Å². The molecule has 2 saturated heterocycles. The molecule has 4 heterocycles. The number of nitrogens with two attached hydrogens (primary N) is 1. The maximum Gasteiger partial charge on any atom is 0.257 e. The van der Waals surface area contributed by atoms with Crippen LogP contribution >= 0.6 is 0 Å². The maximum absolute atomic E-state index is 13.6. The third-order valence-electron chi connectivity index (χ3n) is 11.9. The number of hydrogen-bond acceptors (Lipinski definition) is 15. The first-order valence-corrected chi connectivity index (χ1v) is 23.9. The fourth-order valence-corrected chi connectivity index (χ4v) is 8.32. The van der Waals surface area contributed by atoms with Crippen LogP contribution in [0.15, 0.2) is 76.8 Å². The van der Waals surface area contributed by atoms with Crippen LogP contribution in [0.4, 0.5) is 11.4 Å². The zero-order valence-corrected chi connectivity index (χ0v) is 41.0. The van der Waals surface area contributed by atoms with Crippen molar-refractivity contribution in [2.45, 2.75) is 51.0 Å². The van der Waals surface area contributed by atoms with Crippen LogP contribution in [0, 0.1) is 11.8 Å². The molecular weight excluding hydrogens is 927 g/mol. The highest BCUT2D eigenvalue weighted by molar-refractivity contribution is 6.05. The first kappa shape index (κ1) is 52.7. The summed E-state index contributed by atoms with van der Waals surface area (Å²) in [4.78, 5) is 64.0. The molecule has 19 heteroatoms. The lowest BCUT2D eigenvalue weighted by Crippen LogP contribution is -2.35. The van der Waals surface area contributed by atoms with E-state index in [0.29, 0.717) is 143 Å². The summed E-state index contributed by atoms with van der Waals surface area (Å²) in [5.74, 6) is 7.16. The Morgan fingerprint density at radius 1 is 0.653 bits per heavy atom. The van der Waals surface area contributed by atoms with E-state index in [2.05, 4.69) is 45.6 Å². The van der Waals surface area contributed by atoms with Crippen molar-refractivity contribution in [2.75, 3.05) is 99.8 Å². The third-order valence-corrected chi connectivity index (χ3v) is 11.9. The molecule has 2 atom stereocenters. The van der Waals surface area contributed by atoms with Crippen molar-refractivity contribution in [2.24, 2.45) is 15.7 Å². The molecular formula is C53H63N7O12. The van der Waals surface area contributed by atoms with Crippen LogP contribution in [0.3, 0.4) is 0 Å². The van der Waals surface area contributed by atoms with Crippen molar-refractivity contribution >= 4 is 47.4 Å². The summed E-state index contributed by atoms with van der Waals surface area (Å²) >= 11 is 0. The SMILES string of the molecule is C=C1C[C@H]2C=Nc3cc(OCc4cc(C#CCNC(=O)CCOCCOCCOCCOCCNC(=O)CCN)cc(COc5cc6c(cc5OC)C(=O)N5CC(=C)C[C@H]5C=N6)c4)c(OC)cc3C(=O)N2C1. The van der Waals surface area contributed by atoms with E-state index in [9.17, 15) is 19.2 Å². The molecule has 382 valence electrons. The van der Waals surface area contributed by atoms with Crippen LogP contribution in [0.2, 0.25) is 0 Å². The monoisotopic (exact) mass is 989 g/mol. The molecule has 4 aliphatic heterocycles. The van der Waals surface area contributed by atoms with Crippen molar-refractivity contribution in [1.82, 2.24) is 20.4 Å². The lowest BCUT2D eigenvalue weighted by molar-refractivity contribution is -0.122. The van der Waals surface area contributed by atoms with Gasteiger partial charge >= 0.3 is 0 Å². The minimum Gasteiger partial charge on any atom is -0.493 e. The predicted molar refractivity (Wildman–Crippen MR) is 269 cm³/mol. The first-order valence-electron chi connectivity index (χ1n) is 23.9. The zero-order chi connectivity index (χ0) is 50.8. The molecule has 2 fully saturated rings. The normalized spacial score (nSPS) is 16.5. The molecule has 7 rings (SSSR count). The zero-order valence-electron chi connectivity index (χ0n) is 41.0. The van der Waals surface area contributed by atoms with Crippen LogP contribution in [0.25, 0.3) is 0 Å². The summed E-state index contributed by atoms with van der Waals surface area (Å²) in [7, 11) is 3.04. The molecule has 0 spiro atoms. The van der Waals surface area contributed by atoms with E-state index in [0.717, 1.165) is 22.3 Å². The van der Waals surface area contributed by atoms with Gasteiger partial charge in [0, 0.05) is 69.1 Å². The van der Waals surface area contributed by atoms with Gasteiger partial charge in [0.15, 0.2) is 23.0 Å². The van der Waals surface area contributed by atoms with Gasteiger partial charge in [0.05, 0.1) is 108 Å². The van der Waals surface area contributed by atoms with Gasteiger partial charge in [0.25, 0.3) is 11.8 Å². The first-order chi connectivity index (χ1) is 35.0. The van der Waals surface area contributed by atoms with Gasteiger partial charge in [0.1, 0.15) is 13.2 Å². The molecule has 0 aliphatic carbocycles. The van der Waals surface area contributed by atoms with Gasteiger partial charge in [-0.15, -0.1) is 0 Å². The summed E-state index contributed by atoms with van der Waals surface area (Å²) in [5.41, 5.74) is 11.3. The highest BCUT2D eigenvalue weighted by Crippen LogP contribution is 2.40. The molecule has 3 aromatic rings. The van der Waals surface area contributed by atoms with Crippen LogP contribution in [0.1, 0.15) is 63.1 Å². The van der Waals surface area contributed by atoms with Gasteiger partial charge in [0.2, 0.25) is 11.8 Å². The lowest BCUT2D eigenvalue weighted by Gasteiger charge is -2.20. The Morgan fingerprint density at radius 2 is 1.14 bits per heavy atom. The molecule has 4 amide bonds. The molecule has 0 saturated carbocycles. The van der Waals surface area contributed by atoms with Crippen molar-refractivity contribution in [3.63, 3.8) is 0 Å². The van der Waals surface area contributed by atoms with Crippen LogP contribution in [-0.4, -0.2) is 158 Å². The Labute approximate surface area is 419 Å². The van der Waals surface area contributed by atoms with Gasteiger partial charge in [-0.1, -0.05) is 36.1 Å². The quantitative estimate of drug-likeness (QED) is 0.0583. The Balaban J connectivity index is 0.931. The van der Waals surface area contributed by atoms with Gasteiger partial charge in [-0.25, -0.2) is 0 Å². The van der Waals surface area contributed by atoms with E-state index in [1.54, 1.807) is 46.5 Å². The number of rotatable bonds is 26. The van der Waals surface area contributed by atoms with Crippen molar-refractivity contribution in [3.05, 3.63) is 94.6 Å². The minimum absolute atomic E-state index is 0.0945. The maximum atomic E-state index is 13.6. The molecule has 19 nitrogen and oxygen atoms in total. The second-order valence-corrected chi connectivity index (χ2v) is 17.3. The number of nitrogens with one attached hydrogen (secondary N) is 2. The van der Waals surface area contributed by atoms with Gasteiger partial charge < -0.3 is 64.1 Å². The molecule has 3 aromatic carbocycles. The number of aliphatic imine (C=N–C) groups is 2. The molecule has 0 unspecified atom stereocenters. The standard InChI is InChI=1S/C53H63N7O12/c1-35-20-40-29-57-44-27-48(46(65-3)25-42(44)52(63)59(40)31-35)71-33-38-22-37(6-5-10-55-51(62)8-12-67-14-16-69-18-19-70-17-15-68-13-11-56-50(61)7-9-54)23-39(24-38)34-72-49-28-45-43(26-47(49)66-4)53(64)60-32-36(2)21-41(60)30-58-45/h22-30,40-41H,1-2,7-21,31-34,54H2,3-4H3,(H,55,62)(H,56,61)/t40-,41-/m0/s1. The largest absolute Gasteiger partial charge is 0.493 e. The van der Waals surface area contributed by atoms with E-state index in [-0.39, 0.29) is 68.5 Å². The molecule has 4 N–H and O–H groups in total. The highest BCUT2D eigenvalue weighted by atomic mass is 16.6. The summed E-state index contributed by atoms with van der Waals surface area (Å²) in [6.45, 7) is 13.0. The van der Waals surface area contributed by atoms with Crippen molar-refractivity contribution in [1.29, 1.82) is 0 Å². The number of carbonyl (C=O) groups is 4. The van der Waals surface area contributed by atoms with Crippen molar-refractivity contribution < 1.29 is 57.1 Å². The molecule has 0 bridgehead atoms. The third kappa shape index (κ3) is 14.5. The van der Waals surface area contributed by atoms with E-state index < -0.39 is 0 Å². The van der Waals surface area contributed by atoms with Crippen LogP contribution < -0.4 is 35.3 Å². The average Bonchev–Trinajstić information content (AvgIpc) is 3.89. The Hall–Kier alpha value is -7.08. The number of amides is 4. The van der Waals surface area contributed by atoms with E-state index in [1.807, 2.05) is 18.2 Å².